The van der Waals surface area contributed by atoms with Gasteiger partial charge in [-0.05, 0) is 57.1 Å². The Balaban J connectivity index is 1.91. The summed E-state index contributed by atoms with van der Waals surface area (Å²) in [4.78, 5) is 12.2. The van der Waals surface area contributed by atoms with Crippen molar-refractivity contribution in [2.75, 3.05) is 0 Å². The highest BCUT2D eigenvalue weighted by molar-refractivity contribution is 14.1. The lowest BCUT2D eigenvalue weighted by Gasteiger charge is -2.01. The lowest BCUT2D eigenvalue weighted by Crippen LogP contribution is -1.93. The number of rotatable bonds is 3. The van der Waals surface area contributed by atoms with Crippen molar-refractivity contribution in [3.05, 3.63) is 87.5 Å². The molecule has 0 radical (unpaired) electrons. The molecule has 0 bridgehead atoms. The van der Waals surface area contributed by atoms with Gasteiger partial charge in [-0.3, -0.25) is 4.79 Å². The van der Waals surface area contributed by atoms with Crippen LogP contribution in [0.15, 0.2) is 72.8 Å². The molecule has 0 heterocycles. The zero-order valence-corrected chi connectivity index (χ0v) is 13.4. The van der Waals surface area contributed by atoms with Crippen molar-refractivity contribution in [3.63, 3.8) is 0 Å². The second kappa shape index (κ2) is 6.22. The molecule has 0 N–H and O–H groups in total. The van der Waals surface area contributed by atoms with E-state index in [0.717, 1.165) is 14.5 Å². The molecule has 0 unspecified atom stereocenters. The zero-order valence-electron chi connectivity index (χ0n) is 11.3. The van der Waals surface area contributed by atoms with Crippen molar-refractivity contribution in [1.82, 2.24) is 0 Å². The van der Waals surface area contributed by atoms with E-state index in [2.05, 4.69) is 40.8 Å². The van der Waals surface area contributed by atoms with Gasteiger partial charge in [-0.1, -0.05) is 60.7 Å². The summed E-state index contributed by atoms with van der Waals surface area (Å²) in [5, 5.41) is 2.34. The first-order valence-electron chi connectivity index (χ1n) is 6.70. The van der Waals surface area contributed by atoms with Gasteiger partial charge in [0.05, 0.1) is 0 Å². The molecule has 0 saturated carbocycles. The van der Waals surface area contributed by atoms with Crippen molar-refractivity contribution in [3.8, 4) is 0 Å². The van der Waals surface area contributed by atoms with Gasteiger partial charge < -0.3 is 0 Å². The number of fused-ring (bicyclic) bond motifs is 1. The number of benzene rings is 3. The van der Waals surface area contributed by atoms with Crippen molar-refractivity contribution in [1.29, 1.82) is 0 Å². The quantitative estimate of drug-likeness (QED) is 0.339. The van der Waals surface area contributed by atoms with E-state index in [9.17, 15) is 4.79 Å². The van der Waals surface area contributed by atoms with Crippen LogP contribution in [0, 0.1) is 3.57 Å². The van der Waals surface area contributed by atoms with Gasteiger partial charge in [-0.15, -0.1) is 0 Å². The average molecular weight is 384 g/mol. The molecule has 3 aromatic carbocycles. The summed E-state index contributed by atoms with van der Waals surface area (Å²) < 4.78 is 1.13. The summed E-state index contributed by atoms with van der Waals surface area (Å²) in [6.07, 6.45) is 3.53. The normalized spacial score (nSPS) is 11.1. The number of carbonyl (C=O) groups excluding carboxylic acids is 1. The van der Waals surface area contributed by atoms with Gasteiger partial charge in [0, 0.05) is 9.13 Å². The molecule has 1 nitrogen and oxygen atoms in total. The lowest BCUT2D eigenvalue weighted by molar-refractivity contribution is 0.104. The van der Waals surface area contributed by atoms with Crippen molar-refractivity contribution < 1.29 is 4.79 Å². The van der Waals surface area contributed by atoms with Gasteiger partial charge in [0.2, 0.25) is 0 Å². The molecule has 0 aliphatic carbocycles. The first kappa shape index (κ1) is 14.0. The van der Waals surface area contributed by atoms with Gasteiger partial charge in [0.15, 0.2) is 5.78 Å². The van der Waals surface area contributed by atoms with Gasteiger partial charge in [-0.2, -0.15) is 0 Å². The predicted octanol–water partition coefficient (Wildman–Crippen LogP) is 5.34. The van der Waals surface area contributed by atoms with Crippen LogP contribution in [-0.4, -0.2) is 5.78 Å². The number of carbonyl (C=O) groups is 1. The fourth-order valence-electron chi connectivity index (χ4n) is 2.27. The fourth-order valence-corrected chi connectivity index (χ4v) is 2.63. The summed E-state index contributed by atoms with van der Waals surface area (Å²) in [6.45, 7) is 0. The van der Waals surface area contributed by atoms with Crippen molar-refractivity contribution in [2.45, 2.75) is 0 Å². The SMILES string of the molecule is O=C(C=Cc1cccc2ccccc12)c1ccc(I)cc1. The van der Waals surface area contributed by atoms with E-state index >= 15 is 0 Å². The van der Waals surface area contributed by atoms with Gasteiger partial charge in [-0.25, -0.2) is 0 Å². The highest BCUT2D eigenvalue weighted by atomic mass is 127. The van der Waals surface area contributed by atoms with Crippen LogP contribution in [-0.2, 0) is 0 Å². The second-order valence-corrected chi connectivity index (χ2v) is 6.02. The molecular weight excluding hydrogens is 371 g/mol. The molecule has 102 valence electrons. The third-order valence-corrected chi connectivity index (χ3v) is 4.09. The van der Waals surface area contributed by atoms with E-state index in [-0.39, 0.29) is 5.78 Å². The van der Waals surface area contributed by atoms with E-state index in [1.165, 1.54) is 5.39 Å². The summed E-state index contributed by atoms with van der Waals surface area (Å²) in [7, 11) is 0. The second-order valence-electron chi connectivity index (χ2n) is 4.77. The molecule has 0 aromatic heterocycles. The van der Waals surface area contributed by atoms with Crippen LogP contribution in [0.1, 0.15) is 15.9 Å². The summed E-state index contributed by atoms with van der Waals surface area (Å²) in [6, 6.07) is 21.9. The van der Waals surface area contributed by atoms with Crippen LogP contribution in [0.5, 0.6) is 0 Å². The maximum absolute atomic E-state index is 12.2. The Labute approximate surface area is 137 Å². The van der Waals surface area contributed by atoms with Crippen LogP contribution >= 0.6 is 22.6 Å². The van der Waals surface area contributed by atoms with Crippen molar-refractivity contribution in [2.24, 2.45) is 0 Å². The van der Waals surface area contributed by atoms with Crippen LogP contribution < -0.4 is 0 Å². The van der Waals surface area contributed by atoms with Gasteiger partial charge in [0.25, 0.3) is 0 Å². The molecule has 0 aliphatic heterocycles. The molecule has 3 rings (SSSR count). The lowest BCUT2D eigenvalue weighted by atomic mass is 10.0. The van der Waals surface area contributed by atoms with Crippen LogP contribution in [0.2, 0.25) is 0 Å². The Morgan fingerprint density at radius 1 is 0.857 bits per heavy atom. The minimum Gasteiger partial charge on any atom is -0.289 e. The van der Waals surface area contributed by atoms with Crippen LogP contribution in [0.4, 0.5) is 0 Å². The predicted molar refractivity (Wildman–Crippen MR) is 96.5 cm³/mol. The largest absolute Gasteiger partial charge is 0.289 e. The Hall–Kier alpha value is -1.94. The number of ketones is 1. The number of allylic oxidation sites excluding steroid dienone is 1. The molecule has 3 aromatic rings. The smallest absolute Gasteiger partial charge is 0.185 e. The Morgan fingerprint density at radius 3 is 2.38 bits per heavy atom. The maximum Gasteiger partial charge on any atom is 0.185 e. The molecule has 0 fully saturated rings. The van der Waals surface area contributed by atoms with E-state index < -0.39 is 0 Å². The number of hydrogen-bond donors (Lipinski definition) is 0. The molecule has 0 atom stereocenters. The standard InChI is InChI=1S/C19H13IO/c20-17-11-8-16(9-12-17)19(21)13-10-15-6-3-5-14-4-1-2-7-18(14)15/h1-13H. The topological polar surface area (TPSA) is 17.1 Å². The zero-order chi connectivity index (χ0) is 14.7. The molecule has 2 heteroatoms. The van der Waals surface area contributed by atoms with Crippen LogP contribution in [0.25, 0.3) is 16.8 Å². The Morgan fingerprint density at radius 2 is 1.57 bits per heavy atom. The minimum absolute atomic E-state index is 0.0272. The highest BCUT2D eigenvalue weighted by Crippen LogP contribution is 2.20. The Kier molecular flexibility index (Phi) is 4.15. The molecule has 21 heavy (non-hydrogen) atoms. The number of halogens is 1. The van der Waals surface area contributed by atoms with Gasteiger partial charge >= 0.3 is 0 Å². The van der Waals surface area contributed by atoms with E-state index in [0.29, 0.717) is 5.56 Å². The first-order chi connectivity index (χ1) is 10.2. The van der Waals surface area contributed by atoms with E-state index in [4.69, 9.17) is 0 Å². The summed E-state index contributed by atoms with van der Waals surface area (Å²) in [5.41, 5.74) is 1.78. The molecule has 0 aliphatic rings. The monoisotopic (exact) mass is 384 g/mol. The van der Waals surface area contributed by atoms with Gasteiger partial charge in [0.1, 0.15) is 0 Å². The highest BCUT2D eigenvalue weighted by Gasteiger charge is 2.02. The summed E-state index contributed by atoms with van der Waals surface area (Å²) in [5.74, 6) is 0.0272. The van der Waals surface area contributed by atoms with Crippen LogP contribution in [0.3, 0.4) is 0 Å². The summed E-state index contributed by atoms with van der Waals surface area (Å²) >= 11 is 2.23. The van der Waals surface area contributed by atoms with Crippen molar-refractivity contribution >= 4 is 45.2 Å². The fraction of sp³-hybridized carbons (Fsp3) is 0. The maximum atomic E-state index is 12.2. The first-order valence-corrected chi connectivity index (χ1v) is 7.78. The molecule has 0 saturated heterocycles. The molecule has 0 spiro atoms. The number of hydrogen-bond acceptors (Lipinski definition) is 1. The third kappa shape index (κ3) is 3.22. The average Bonchev–Trinajstić information content (AvgIpc) is 2.53. The Bertz CT molecular complexity index is 811. The molecular formula is C19H13IO. The molecule has 0 amide bonds. The third-order valence-electron chi connectivity index (χ3n) is 3.37. The van der Waals surface area contributed by atoms with E-state index in [1.54, 1.807) is 6.08 Å². The van der Waals surface area contributed by atoms with E-state index in [1.807, 2.05) is 54.6 Å². The minimum atomic E-state index is 0.0272.